The molecule has 1 aliphatic heterocycles. The lowest BCUT2D eigenvalue weighted by Crippen LogP contribution is -2.46. The summed E-state index contributed by atoms with van der Waals surface area (Å²) in [6, 6.07) is 0. The molecule has 124 valence electrons. The summed E-state index contributed by atoms with van der Waals surface area (Å²) in [5.74, 6) is -0.373. The highest BCUT2D eigenvalue weighted by atomic mass is 32.2. The van der Waals surface area contributed by atoms with Crippen LogP contribution in [0.3, 0.4) is 0 Å². The number of nitrogens with one attached hydrogen (secondary N) is 1. The molecule has 0 radical (unpaired) electrons. The van der Waals surface area contributed by atoms with E-state index in [1.165, 1.54) is 11.4 Å². The van der Waals surface area contributed by atoms with Gasteiger partial charge < -0.3 is 14.8 Å². The molecule has 7 nitrogen and oxygen atoms in total. The highest BCUT2D eigenvalue weighted by Crippen LogP contribution is 2.19. The molecule has 21 heavy (non-hydrogen) atoms. The van der Waals surface area contributed by atoms with Gasteiger partial charge in [0, 0.05) is 40.5 Å². The summed E-state index contributed by atoms with van der Waals surface area (Å²) in [5, 5.41) is 2.84. The summed E-state index contributed by atoms with van der Waals surface area (Å²) in [6.45, 7) is 2.08. The number of hydrogen-bond donors (Lipinski definition) is 1. The molecule has 1 rings (SSSR count). The molecule has 1 amide bonds. The van der Waals surface area contributed by atoms with E-state index < -0.39 is 10.0 Å². The molecule has 1 heterocycles. The minimum Gasteiger partial charge on any atom is -0.385 e. The fourth-order valence-electron chi connectivity index (χ4n) is 2.30. The number of nitrogens with zero attached hydrogens (tertiary/aromatic N) is 1. The average Bonchev–Trinajstić information content (AvgIpc) is 2.49. The molecular formula is C13H26N2O5S. The second-order valence-electron chi connectivity index (χ2n) is 5.14. The van der Waals surface area contributed by atoms with Crippen molar-refractivity contribution in [3.8, 4) is 0 Å². The van der Waals surface area contributed by atoms with E-state index in [1.54, 1.807) is 7.11 Å². The van der Waals surface area contributed by atoms with Crippen LogP contribution in [0.4, 0.5) is 0 Å². The van der Waals surface area contributed by atoms with Crippen molar-refractivity contribution in [3.63, 3.8) is 0 Å². The monoisotopic (exact) mass is 322 g/mol. The quantitative estimate of drug-likeness (QED) is 0.596. The number of carbonyl (C=O) groups is 1. The lowest BCUT2D eigenvalue weighted by molar-refractivity contribution is -0.126. The zero-order chi connectivity index (χ0) is 15.7. The third-order valence-corrected chi connectivity index (χ3v) is 5.32. The van der Waals surface area contributed by atoms with Gasteiger partial charge >= 0.3 is 0 Å². The maximum atomic E-state index is 12.1. The molecular weight excluding hydrogens is 296 g/mol. The lowest BCUT2D eigenvalue weighted by Gasteiger charge is -2.31. The van der Waals surface area contributed by atoms with E-state index in [4.69, 9.17) is 9.47 Å². The normalized spacial score (nSPS) is 20.4. The van der Waals surface area contributed by atoms with Gasteiger partial charge in [-0.3, -0.25) is 4.79 Å². The van der Waals surface area contributed by atoms with Crippen molar-refractivity contribution in [2.24, 2.45) is 5.92 Å². The van der Waals surface area contributed by atoms with Gasteiger partial charge in [0.05, 0.1) is 18.3 Å². The third-order valence-electron chi connectivity index (χ3n) is 3.52. The van der Waals surface area contributed by atoms with Crippen LogP contribution in [0, 0.1) is 5.92 Å². The van der Waals surface area contributed by atoms with Crippen LogP contribution in [0.15, 0.2) is 0 Å². The van der Waals surface area contributed by atoms with Crippen LogP contribution in [0.25, 0.3) is 0 Å². The van der Waals surface area contributed by atoms with E-state index in [1.807, 2.05) is 0 Å². The molecule has 1 unspecified atom stereocenters. The Labute approximate surface area is 127 Å². The van der Waals surface area contributed by atoms with Crippen molar-refractivity contribution in [3.05, 3.63) is 0 Å². The van der Waals surface area contributed by atoms with E-state index in [0.717, 1.165) is 12.8 Å². The second kappa shape index (κ2) is 9.34. The van der Waals surface area contributed by atoms with E-state index in [2.05, 4.69) is 5.32 Å². The Kier molecular flexibility index (Phi) is 8.16. The number of sulfonamides is 1. The number of carbonyl (C=O) groups excluding carboxylic acids is 1. The third kappa shape index (κ3) is 6.29. The summed E-state index contributed by atoms with van der Waals surface area (Å²) in [6.07, 6.45) is 2.19. The van der Waals surface area contributed by atoms with Crippen LogP contribution < -0.4 is 5.32 Å². The molecule has 0 spiro atoms. The van der Waals surface area contributed by atoms with Crippen molar-refractivity contribution in [2.75, 3.05) is 52.8 Å². The first-order valence-corrected chi connectivity index (χ1v) is 8.85. The number of amides is 1. The highest BCUT2D eigenvalue weighted by Gasteiger charge is 2.31. The van der Waals surface area contributed by atoms with Gasteiger partial charge in [0.2, 0.25) is 15.9 Å². The minimum absolute atomic E-state index is 0.0360. The number of hydrogen-bond acceptors (Lipinski definition) is 5. The van der Waals surface area contributed by atoms with E-state index in [9.17, 15) is 13.2 Å². The number of methoxy groups -OCH3 is 2. The van der Waals surface area contributed by atoms with Gasteiger partial charge in [-0.25, -0.2) is 12.7 Å². The summed E-state index contributed by atoms with van der Waals surface area (Å²) in [5.41, 5.74) is 0. The van der Waals surface area contributed by atoms with Crippen molar-refractivity contribution in [2.45, 2.75) is 19.3 Å². The number of piperidine rings is 1. The Morgan fingerprint density at radius 1 is 1.29 bits per heavy atom. The largest absolute Gasteiger partial charge is 0.385 e. The Morgan fingerprint density at radius 3 is 2.67 bits per heavy atom. The second-order valence-corrected chi connectivity index (χ2v) is 7.23. The molecule has 8 heteroatoms. The molecule has 0 aromatic carbocycles. The van der Waals surface area contributed by atoms with Crippen molar-refractivity contribution >= 4 is 15.9 Å². The first-order chi connectivity index (χ1) is 10.0. The van der Waals surface area contributed by atoms with Crippen LogP contribution in [-0.4, -0.2) is 71.5 Å². The Hall–Kier alpha value is -0.700. The molecule has 1 fully saturated rings. The minimum atomic E-state index is -3.33. The predicted octanol–water partition coefficient (Wildman–Crippen LogP) is -0.173. The van der Waals surface area contributed by atoms with Crippen molar-refractivity contribution in [1.29, 1.82) is 0 Å². The Balaban J connectivity index is 2.46. The van der Waals surface area contributed by atoms with Crippen molar-refractivity contribution < 1.29 is 22.7 Å². The maximum absolute atomic E-state index is 12.1. The smallest absolute Gasteiger partial charge is 0.224 e. The average molecular weight is 322 g/mol. The zero-order valence-electron chi connectivity index (χ0n) is 12.8. The van der Waals surface area contributed by atoms with Gasteiger partial charge in [-0.15, -0.1) is 0 Å². The first kappa shape index (κ1) is 18.3. The molecule has 1 saturated heterocycles. The molecule has 0 saturated carbocycles. The molecule has 0 bridgehead atoms. The fraction of sp³-hybridized carbons (Fsp3) is 0.923. The predicted molar refractivity (Wildman–Crippen MR) is 79.5 cm³/mol. The standard InChI is InChI=1S/C13H26N2O5S/c1-19-8-4-6-14-13(16)12-5-3-7-15(11-12)21(17,18)10-9-20-2/h12H,3-11H2,1-2H3,(H,14,16). The van der Waals surface area contributed by atoms with Gasteiger partial charge in [-0.1, -0.05) is 0 Å². The van der Waals surface area contributed by atoms with Crippen molar-refractivity contribution in [1.82, 2.24) is 9.62 Å². The summed E-state index contributed by atoms with van der Waals surface area (Å²) >= 11 is 0. The van der Waals surface area contributed by atoms with Crippen LogP contribution in [-0.2, 0) is 24.3 Å². The number of rotatable bonds is 9. The van der Waals surface area contributed by atoms with Crippen LogP contribution in [0.2, 0.25) is 0 Å². The summed E-state index contributed by atoms with van der Waals surface area (Å²) < 4.78 is 35.4. The highest BCUT2D eigenvalue weighted by molar-refractivity contribution is 7.89. The van der Waals surface area contributed by atoms with Gasteiger partial charge in [-0.05, 0) is 19.3 Å². The van der Waals surface area contributed by atoms with Crippen LogP contribution in [0.1, 0.15) is 19.3 Å². The SMILES string of the molecule is COCCCNC(=O)C1CCCN(S(=O)(=O)CCOC)C1. The van der Waals surface area contributed by atoms with Gasteiger partial charge in [0.25, 0.3) is 0 Å². The summed E-state index contributed by atoms with van der Waals surface area (Å²) in [7, 11) is -0.242. The molecule has 1 aliphatic rings. The first-order valence-electron chi connectivity index (χ1n) is 7.24. The molecule has 0 aromatic heterocycles. The zero-order valence-corrected chi connectivity index (χ0v) is 13.7. The van der Waals surface area contributed by atoms with Gasteiger partial charge in [-0.2, -0.15) is 0 Å². The lowest BCUT2D eigenvalue weighted by atomic mass is 9.99. The molecule has 1 N–H and O–H groups in total. The number of ether oxygens (including phenoxy) is 2. The van der Waals surface area contributed by atoms with Gasteiger partial charge in [0.15, 0.2) is 0 Å². The van der Waals surface area contributed by atoms with Crippen LogP contribution in [0.5, 0.6) is 0 Å². The van der Waals surface area contributed by atoms with E-state index >= 15 is 0 Å². The maximum Gasteiger partial charge on any atom is 0.224 e. The van der Waals surface area contributed by atoms with E-state index in [-0.39, 0.29) is 30.7 Å². The summed E-state index contributed by atoms with van der Waals surface area (Å²) in [4.78, 5) is 12.0. The van der Waals surface area contributed by atoms with Gasteiger partial charge in [0.1, 0.15) is 0 Å². The van der Waals surface area contributed by atoms with Crippen LogP contribution >= 0.6 is 0 Å². The molecule has 1 atom stereocenters. The molecule has 0 aliphatic carbocycles. The Bertz CT molecular complexity index is 413. The topological polar surface area (TPSA) is 84.9 Å². The van der Waals surface area contributed by atoms with E-state index in [0.29, 0.717) is 26.1 Å². The Morgan fingerprint density at radius 2 is 2.00 bits per heavy atom. The fourth-order valence-corrected chi connectivity index (χ4v) is 3.75. The molecule has 0 aromatic rings.